The summed E-state index contributed by atoms with van der Waals surface area (Å²) in [4.78, 5) is 25.1. The van der Waals surface area contributed by atoms with Crippen LogP contribution in [-0.2, 0) is 9.53 Å². The number of urea groups is 1. The average Bonchev–Trinajstić information content (AvgIpc) is 2.40. The smallest absolute Gasteiger partial charge is 0.334 e. The third kappa shape index (κ3) is 4.07. The van der Waals surface area contributed by atoms with Crippen molar-refractivity contribution >= 4 is 12.0 Å². The zero-order chi connectivity index (χ0) is 15.4. The highest BCUT2D eigenvalue weighted by Gasteiger charge is 2.36. The summed E-state index contributed by atoms with van der Waals surface area (Å²) in [5.41, 5.74) is 0. The van der Waals surface area contributed by atoms with E-state index in [0.29, 0.717) is 12.1 Å². The van der Waals surface area contributed by atoms with Crippen molar-refractivity contribution in [3.8, 4) is 0 Å². The van der Waals surface area contributed by atoms with E-state index in [1.54, 1.807) is 0 Å². The SMILES string of the molecule is COC(CNC(=O)NC1CC2CCCC(C1)N2C)C(=O)O. The number of ether oxygens (including phenoxy) is 1. The number of piperidine rings is 2. The Labute approximate surface area is 125 Å². The predicted molar refractivity (Wildman–Crippen MR) is 77.2 cm³/mol. The monoisotopic (exact) mass is 299 g/mol. The van der Waals surface area contributed by atoms with Crippen molar-refractivity contribution in [2.75, 3.05) is 20.7 Å². The Morgan fingerprint density at radius 1 is 1.33 bits per heavy atom. The second kappa shape index (κ2) is 7.09. The van der Waals surface area contributed by atoms with Gasteiger partial charge in [0.2, 0.25) is 0 Å². The lowest BCUT2D eigenvalue weighted by atomic mass is 9.82. The van der Waals surface area contributed by atoms with Gasteiger partial charge in [-0.15, -0.1) is 0 Å². The molecule has 2 rings (SSSR count). The Kier molecular flexibility index (Phi) is 5.41. The van der Waals surface area contributed by atoms with Gasteiger partial charge in [-0.1, -0.05) is 6.42 Å². The molecule has 2 aliphatic rings. The highest BCUT2D eigenvalue weighted by Crippen LogP contribution is 2.32. The van der Waals surface area contributed by atoms with Crippen LogP contribution in [0.4, 0.5) is 4.79 Å². The van der Waals surface area contributed by atoms with Gasteiger partial charge in [0, 0.05) is 25.2 Å². The molecule has 2 aliphatic heterocycles. The van der Waals surface area contributed by atoms with E-state index < -0.39 is 12.1 Å². The topological polar surface area (TPSA) is 90.9 Å². The molecule has 0 aromatic carbocycles. The van der Waals surface area contributed by atoms with Gasteiger partial charge in [0.1, 0.15) is 0 Å². The van der Waals surface area contributed by atoms with Crippen LogP contribution in [0.15, 0.2) is 0 Å². The zero-order valence-electron chi connectivity index (χ0n) is 12.7. The number of carbonyl (C=O) groups excluding carboxylic acids is 1. The molecule has 2 amide bonds. The van der Waals surface area contributed by atoms with Gasteiger partial charge in [-0.3, -0.25) is 0 Å². The molecule has 0 spiro atoms. The van der Waals surface area contributed by atoms with E-state index in [4.69, 9.17) is 9.84 Å². The van der Waals surface area contributed by atoms with Gasteiger partial charge in [0.05, 0.1) is 6.54 Å². The van der Waals surface area contributed by atoms with Gasteiger partial charge in [0.25, 0.3) is 0 Å². The molecule has 2 fully saturated rings. The molecule has 3 atom stereocenters. The maximum atomic E-state index is 11.9. The Morgan fingerprint density at radius 2 is 1.95 bits per heavy atom. The van der Waals surface area contributed by atoms with Crippen molar-refractivity contribution < 1.29 is 19.4 Å². The van der Waals surface area contributed by atoms with E-state index in [0.717, 1.165) is 12.8 Å². The summed E-state index contributed by atoms with van der Waals surface area (Å²) in [7, 11) is 3.48. The van der Waals surface area contributed by atoms with Crippen molar-refractivity contribution in [1.82, 2.24) is 15.5 Å². The molecule has 0 aromatic rings. The summed E-state index contributed by atoms with van der Waals surface area (Å²) in [6.45, 7) is -0.0306. The summed E-state index contributed by atoms with van der Waals surface area (Å²) in [6.07, 6.45) is 4.58. The zero-order valence-corrected chi connectivity index (χ0v) is 12.7. The van der Waals surface area contributed by atoms with E-state index >= 15 is 0 Å². The first-order valence-electron chi connectivity index (χ1n) is 7.53. The second-order valence-corrected chi connectivity index (χ2v) is 5.99. The molecule has 2 heterocycles. The minimum Gasteiger partial charge on any atom is -0.479 e. The summed E-state index contributed by atoms with van der Waals surface area (Å²) in [5, 5.41) is 14.4. The number of hydrogen-bond donors (Lipinski definition) is 3. The Bertz CT molecular complexity index is 376. The van der Waals surface area contributed by atoms with Crippen molar-refractivity contribution in [1.29, 1.82) is 0 Å². The summed E-state index contributed by atoms with van der Waals surface area (Å²) < 4.78 is 4.78. The number of nitrogens with one attached hydrogen (secondary N) is 2. The van der Waals surface area contributed by atoms with Crippen LogP contribution < -0.4 is 10.6 Å². The first kappa shape index (κ1) is 16.0. The van der Waals surface area contributed by atoms with E-state index in [1.165, 1.54) is 26.4 Å². The largest absolute Gasteiger partial charge is 0.479 e. The first-order valence-corrected chi connectivity index (χ1v) is 7.53. The highest BCUT2D eigenvalue weighted by atomic mass is 16.5. The number of carboxylic acids is 1. The minimum absolute atomic E-state index is 0.0306. The molecule has 7 nitrogen and oxygen atoms in total. The number of amides is 2. The van der Waals surface area contributed by atoms with Gasteiger partial charge in [-0.2, -0.15) is 0 Å². The summed E-state index contributed by atoms with van der Waals surface area (Å²) in [6, 6.07) is 0.954. The minimum atomic E-state index is -1.08. The van der Waals surface area contributed by atoms with Gasteiger partial charge in [0.15, 0.2) is 6.10 Å². The molecule has 0 aliphatic carbocycles. The normalized spacial score (nSPS) is 30.5. The third-order valence-electron chi connectivity index (χ3n) is 4.68. The van der Waals surface area contributed by atoms with Crippen LogP contribution in [0, 0.1) is 0 Å². The summed E-state index contributed by atoms with van der Waals surface area (Å²) in [5.74, 6) is -1.08. The number of methoxy groups -OCH3 is 1. The number of nitrogens with zero attached hydrogens (tertiary/aromatic N) is 1. The van der Waals surface area contributed by atoms with Crippen molar-refractivity contribution in [3.63, 3.8) is 0 Å². The molecular formula is C14H25N3O4. The van der Waals surface area contributed by atoms with Crippen LogP contribution in [0.2, 0.25) is 0 Å². The Hall–Kier alpha value is -1.34. The van der Waals surface area contributed by atoms with Crippen LogP contribution in [-0.4, -0.2) is 66.9 Å². The fraction of sp³-hybridized carbons (Fsp3) is 0.857. The molecule has 2 bridgehead atoms. The van der Waals surface area contributed by atoms with E-state index in [1.807, 2.05) is 0 Å². The quantitative estimate of drug-likeness (QED) is 0.683. The lowest BCUT2D eigenvalue weighted by Gasteiger charge is -2.47. The number of fused-ring (bicyclic) bond motifs is 2. The predicted octanol–water partition coefficient (Wildman–Crippen LogP) is 0.401. The molecule has 0 radical (unpaired) electrons. The molecule has 0 aromatic heterocycles. The average molecular weight is 299 g/mol. The van der Waals surface area contributed by atoms with Crippen LogP contribution in [0.1, 0.15) is 32.1 Å². The van der Waals surface area contributed by atoms with Crippen molar-refractivity contribution in [2.45, 2.75) is 56.3 Å². The van der Waals surface area contributed by atoms with Gasteiger partial charge >= 0.3 is 12.0 Å². The van der Waals surface area contributed by atoms with Crippen LogP contribution in [0.25, 0.3) is 0 Å². The maximum Gasteiger partial charge on any atom is 0.334 e. The fourth-order valence-electron chi connectivity index (χ4n) is 3.43. The number of hydrogen-bond acceptors (Lipinski definition) is 4. The molecule has 3 N–H and O–H groups in total. The number of carboxylic acid groups (broad SMARTS) is 1. The Morgan fingerprint density at radius 3 is 2.48 bits per heavy atom. The maximum absolute atomic E-state index is 11.9. The fourth-order valence-corrected chi connectivity index (χ4v) is 3.43. The van der Waals surface area contributed by atoms with E-state index in [-0.39, 0.29) is 18.6 Å². The molecular weight excluding hydrogens is 274 g/mol. The highest BCUT2D eigenvalue weighted by molar-refractivity contribution is 5.77. The van der Waals surface area contributed by atoms with Gasteiger partial charge in [-0.25, -0.2) is 9.59 Å². The standard InChI is InChI=1S/C14H25N3O4/c1-17-10-4-3-5-11(17)7-9(6-10)16-14(20)15-8-12(21-2)13(18)19/h9-12H,3-8H2,1-2H3,(H,18,19)(H2,15,16,20). The third-order valence-corrected chi connectivity index (χ3v) is 4.68. The Balaban J connectivity index is 1.77. The van der Waals surface area contributed by atoms with Crippen LogP contribution in [0.5, 0.6) is 0 Å². The number of aliphatic carboxylic acids is 1. The number of rotatable bonds is 5. The first-order chi connectivity index (χ1) is 10.0. The van der Waals surface area contributed by atoms with Crippen molar-refractivity contribution in [3.05, 3.63) is 0 Å². The van der Waals surface area contributed by atoms with E-state index in [9.17, 15) is 9.59 Å². The van der Waals surface area contributed by atoms with Crippen molar-refractivity contribution in [2.24, 2.45) is 0 Å². The van der Waals surface area contributed by atoms with Crippen LogP contribution in [0.3, 0.4) is 0 Å². The lowest BCUT2D eigenvalue weighted by Crippen LogP contribution is -2.56. The molecule has 21 heavy (non-hydrogen) atoms. The molecule has 2 saturated heterocycles. The number of carbonyl (C=O) groups is 2. The summed E-state index contributed by atoms with van der Waals surface area (Å²) >= 11 is 0. The van der Waals surface area contributed by atoms with Crippen LogP contribution >= 0.6 is 0 Å². The molecule has 7 heteroatoms. The second-order valence-electron chi connectivity index (χ2n) is 5.99. The molecule has 120 valence electrons. The molecule has 0 saturated carbocycles. The lowest BCUT2D eigenvalue weighted by molar-refractivity contribution is -0.147. The molecule has 3 unspecified atom stereocenters. The van der Waals surface area contributed by atoms with E-state index in [2.05, 4.69) is 22.6 Å². The van der Waals surface area contributed by atoms with Gasteiger partial charge < -0.3 is 25.4 Å². The van der Waals surface area contributed by atoms with Gasteiger partial charge in [-0.05, 0) is 32.7 Å².